The van der Waals surface area contributed by atoms with Crippen LogP contribution in [-0.2, 0) is 0 Å². The topological polar surface area (TPSA) is 64.1 Å². The smallest absolute Gasteiger partial charge is 0.140 e. The summed E-state index contributed by atoms with van der Waals surface area (Å²) in [5.74, 6) is 0.850. The predicted octanol–water partition coefficient (Wildman–Crippen LogP) is 1.88. The Morgan fingerprint density at radius 1 is 1.33 bits per heavy atom. The van der Waals surface area contributed by atoms with Gasteiger partial charge in [0.25, 0.3) is 0 Å². The Balaban J connectivity index is 2.45. The van der Waals surface area contributed by atoms with Crippen molar-refractivity contribution >= 4 is 17.6 Å². The molecule has 1 aromatic carbocycles. The molecule has 2 aromatic rings. The lowest BCUT2D eigenvalue weighted by Crippen LogP contribution is -2.01. The first kappa shape index (κ1) is 9.92. The van der Waals surface area contributed by atoms with Gasteiger partial charge in [0.05, 0.1) is 16.8 Å². The second-order valence-electron chi connectivity index (χ2n) is 3.03. The molecule has 5 heteroatoms. The number of thioether (sulfide) groups is 1. The minimum atomic E-state index is 0.231. The zero-order valence-electron chi connectivity index (χ0n) is 8.21. The zero-order chi connectivity index (χ0) is 10.8. The second kappa shape index (κ2) is 3.86. The number of hydrogen-bond donors (Lipinski definition) is 2. The van der Waals surface area contributed by atoms with E-state index >= 15 is 0 Å². The van der Waals surface area contributed by atoms with E-state index in [1.807, 2.05) is 6.26 Å². The van der Waals surface area contributed by atoms with E-state index in [2.05, 4.69) is 5.10 Å². The molecule has 1 aromatic heterocycles. The number of nitrogens with zero attached hydrogens (tertiary/aromatic N) is 2. The van der Waals surface area contributed by atoms with E-state index in [1.54, 1.807) is 46.9 Å². The summed E-state index contributed by atoms with van der Waals surface area (Å²) in [6.07, 6.45) is 3.68. The lowest BCUT2D eigenvalue weighted by Gasteiger charge is -2.04. The van der Waals surface area contributed by atoms with Gasteiger partial charge in [-0.25, -0.2) is 4.68 Å². The Morgan fingerprint density at radius 3 is 2.53 bits per heavy atom. The first-order chi connectivity index (χ1) is 7.22. The number of anilines is 1. The molecular formula is C10H11N3OS. The maximum Gasteiger partial charge on any atom is 0.140 e. The highest BCUT2D eigenvalue weighted by atomic mass is 32.2. The number of benzene rings is 1. The van der Waals surface area contributed by atoms with Gasteiger partial charge >= 0.3 is 0 Å². The predicted molar refractivity (Wildman–Crippen MR) is 61.4 cm³/mol. The second-order valence-corrected chi connectivity index (χ2v) is 3.87. The van der Waals surface area contributed by atoms with E-state index in [-0.39, 0.29) is 5.75 Å². The molecule has 0 fully saturated rings. The van der Waals surface area contributed by atoms with Crippen molar-refractivity contribution in [1.82, 2.24) is 9.78 Å². The van der Waals surface area contributed by atoms with Gasteiger partial charge in [0.15, 0.2) is 0 Å². The van der Waals surface area contributed by atoms with E-state index in [0.29, 0.717) is 5.82 Å². The van der Waals surface area contributed by atoms with Gasteiger partial charge in [-0.05, 0) is 30.5 Å². The zero-order valence-corrected chi connectivity index (χ0v) is 9.03. The van der Waals surface area contributed by atoms with E-state index < -0.39 is 0 Å². The van der Waals surface area contributed by atoms with Crippen LogP contribution in [0, 0.1) is 0 Å². The number of aromatic nitrogens is 2. The van der Waals surface area contributed by atoms with Gasteiger partial charge in [0, 0.05) is 0 Å². The Kier molecular flexibility index (Phi) is 2.55. The van der Waals surface area contributed by atoms with Crippen LogP contribution in [0.15, 0.2) is 35.4 Å². The van der Waals surface area contributed by atoms with Crippen LogP contribution < -0.4 is 5.73 Å². The molecule has 15 heavy (non-hydrogen) atoms. The molecule has 0 unspecified atom stereocenters. The Labute approximate surface area is 91.7 Å². The molecule has 3 N–H and O–H groups in total. The van der Waals surface area contributed by atoms with Crippen LogP contribution in [0.3, 0.4) is 0 Å². The summed E-state index contributed by atoms with van der Waals surface area (Å²) in [5, 5.41) is 13.3. The number of phenols is 1. The highest BCUT2D eigenvalue weighted by molar-refractivity contribution is 7.98. The molecule has 0 amide bonds. The molecule has 0 saturated heterocycles. The van der Waals surface area contributed by atoms with E-state index in [4.69, 9.17) is 10.8 Å². The third kappa shape index (κ3) is 1.78. The number of nitrogens with two attached hydrogens (primary N) is 1. The molecule has 0 aliphatic rings. The van der Waals surface area contributed by atoms with Crippen LogP contribution in [0.2, 0.25) is 0 Å². The third-order valence-corrected chi connectivity index (χ3v) is 2.84. The van der Waals surface area contributed by atoms with Crippen molar-refractivity contribution in [1.29, 1.82) is 0 Å². The first-order valence-electron chi connectivity index (χ1n) is 4.39. The fraction of sp³-hybridized carbons (Fsp3) is 0.100. The largest absolute Gasteiger partial charge is 0.508 e. The molecule has 0 aliphatic heterocycles. The lowest BCUT2D eigenvalue weighted by molar-refractivity contribution is 0.475. The molecule has 2 rings (SSSR count). The van der Waals surface area contributed by atoms with Crippen molar-refractivity contribution in [2.75, 3.05) is 12.0 Å². The van der Waals surface area contributed by atoms with E-state index in [9.17, 15) is 0 Å². The Hall–Kier alpha value is -1.62. The molecule has 0 atom stereocenters. The monoisotopic (exact) mass is 221 g/mol. The average Bonchev–Trinajstić information content (AvgIpc) is 2.61. The van der Waals surface area contributed by atoms with Crippen LogP contribution in [0.25, 0.3) is 5.69 Å². The van der Waals surface area contributed by atoms with Crippen LogP contribution in [0.5, 0.6) is 5.75 Å². The first-order valence-corrected chi connectivity index (χ1v) is 5.61. The van der Waals surface area contributed by atoms with Crippen molar-refractivity contribution < 1.29 is 5.11 Å². The highest BCUT2D eigenvalue weighted by Crippen LogP contribution is 2.25. The average molecular weight is 221 g/mol. The number of phenolic OH excluding ortho intramolecular Hbond substituents is 1. The van der Waals surface area contributed by atoms with Crippen molar-refractivity contribution in [3.8, 4) is 11.4 Å². The van der Waals surface area contributed by atoms with Crippen LogP contribution in [-0.4, -0.2) is 21.1 Å². The van der Waals surface area contributed by atoms with Gasteiger partial charge in [-0.15, -0.1) is 11.8 Å². The number of aromatic hydroxyl groups is 1. The van der Waals surface area contributed by atoms with Gasteiger partial charge < -0.3 is 10.8 Å². The molecule has 78 valence electrons. The summed E-state index contributed by atoms with van der Waals surface area (Å²) >= 11 is 1.56. The summed E-state index contributed by atoms with van der Waals surface area (Å²) in [6, 6.07) is 6.75. The van der Waals surface area contributed by atoms with E-state index in [1.165, 1.54) is 0 Å². The van der Waals surface area contributed by atoms with Crippen LogP contribution in [0.4, 0.5) is 5.82 Å². The fourth-order valence-corrected chi connectivity index (χ4v) is 1.75. The normalized spacial score (nSPS) is 10.5. The fourth-order valence-electron chi connectivity index (χ4n) is 1.30. The number of nitrogen functional groups attached to an aromatic ring is 1. The van der Waals surface area contributed by atoms with Crippen molar-refractivity contribution in [3.05, 3.63) is 30.5 Å². The van der Waals surface area contributed by atoms with Crippen molar-refractivity contribution in [2.45, 2.75) is 4.90 Å². The molecule has 0 radical (unpaired) electrons. The molecule has 0 bridgehead atoms. The Bertz CT molecular complexity index is 464. The minimum Gasteiger partial charge on any atom is -0.508 e. The standard InChI is InChI=1S/C10H11N3OS/c1-15-9-6-12-13(10(9)11)7-2-4-8(14)5-3-7/h2-6,14H,11H2,1H3. The lowest BCUT2D eigenvalue weighted by atomic mass is 10.3. The number of hydrogen-bond acceptors (Lipinski definition) is 4. The van der Waals surface area contributed by atoms with Crippen LogP contribution >= 0.6 is 11.8 Å². The number of rotatable bonds is 2. The SMILES string of the molecule is CSc1cnn(-c2ccc(O)cc2)c1N. The molecule has 1 heterocycles. The summed E-state index contributed by atoms with van der Waals surface area (Å²) in [6.45, 7) is 0. The van der Waals surface area contributed by atoms with Gasteiger partial charge in [-0.1, -0.05) is 0 Å². The Morgan fingerprint density at radius 2 is 2.00 bits per heavy atom. The van der Waals surface area contributed by atoms with E-state index in [0.717, 1.165) is 10.6 Å². The van der Waals surface area contributed by atoms with Gasteiger partial charge in [0.2, 0.25) is 0 Å². The third-order valence-electron chi connectivity index (χ3n) is 2.09. The molecule has 0 saturated carbocycles. The van der Waals surface area contributed by atoms with Crippen molar-refractivity contribution in [2.24, 2.45) is 0 Å². The quantitative estimate of drug-likeness (QED) is 0.760. The molecule has 0 aliphatic carbocycles. The maximum absolute atomic E-state index is 9.16. The molecular weight excluding hydrogens is 210 g/mol. The van der Waals surface area contributed by atoms with Gasteiger partial charge in [0.1, 0.15) is 11.6 Å². The summed E-state index contributed by atoms with van der Waals surface area (Å²) in [7, 11) is 0. The summed E-state index contributed by atoms with van der Waals surface area (Å²) in [4.78, 5) is 0.947. The van der Waals surface area contributed by atoms with Crippen molar-refractivity contribution in [3.63, 3.8) is 0 Å². The van der Waals surface area contributed by atoms with Gasteiger partial charge in [-0.3, -0.25) is 0 Å². The van der Waals surface area contributed by atoms with Crippen LogP contribution in [0.1, 0.15) is 0 Å². The van der Waals surface area contributed by atoms with Gasteiger partial charge in [-0.2, -0.15) is 5.10 Å². The highest BCUT2D eigenvalue weighted by Gasteiger charge is 2.07. The molecule has 0 spiro atoms. The summed E-state index contributed by atoms with van der Waals surface area (Å²) < 4.78 is 1.64. The molecule has 4 nitrogen and oxygen atoms in total. The minimum absolute atomic E-state index is 0.231. The maximum atomic E-state index is 9.16. The summed E-state index contributed by atoms with van der Waals surface area (Å²) in [5.41, 5.74) is 6.74.